The van der Waals surface area contributed by atoms with E-state index in [1.807, 2.05) is 24.3 Å². The molecule has 0 atom stereocenters. The fraction of sp³-hybridized carbons (Fsp3) is 0.0667. The molecule has 0 saturated heterocycles. The first kappa shape index (κ1) is 13.9. The van der Waals surface area contributed by atoms with Crippen LogP contribution < -0.4 is 5.73 Å². The van der Waals surface area contributed by atoms with Gasteiger partial charge in [0.25, 0.3) is 5.89 Å². The maximum Gasteiger partial charge on any atom is 0.260 e. The summed E-state index contributed by atoms with van der Waals surface area (Å²) in [5.41, 5.74) is 8.09. The third kappa shape index (κ3) is 3.17. The van der Waals surface area contributed by atoms with Crippen LogP contribution in [0, 0.1) is 0 Å². The van der Waals surface area contributed by atoms with Crippen LogP contribution in [0.4, 0.5) is 5.69 Å². The minimum atomic E-state index is 0.376. The molecule has 0 unspecified atom stereocenters. The number of rotatable bonds is 3. The molecule has 0 aliphatic rings. The SMILES string of the molecule is Nc1cc(Cl)ccc1-c1nc(Cc2cccc(Cl)c2)no1. The second-order valence-corrected chi connectivity index (χ2v) is 5.43. The van der Waals surface area contributed by atoms with Gasteiger partial charge >= 0.3 is 0 Å². The van der Waals surface area contributed by atoms with Crippen molar-refractivity contribution in [2.24, 2.45) is 0 Å². The van der Waals surface area contributed by atoms with Crippen LogP contribution in [0.1, 0.15) is 11.4 Å². The van der Waals surface area contributed by atoms with Gasteiger partial charge in [-0.25, -0.2) is 0 Å². The molecule has 21 heavy (non-hydrogen) atoms. The summed E-state index contributed by atoms with van der Waals surface area (Å²) in [5.74, 6) is 0.947. The highest BCUT2D eigenvalue weighted by atomic mass is 35.5. The number of halogens is 2. The van der Waals surface area contributed by atoms with Crippen LogP contribution >= 0.6 is 23.2 Å². The van der Waals surface area contributed by atoms with Crippen LogP contribution in [0.5, 0.6) is 0 Å². The first-order valence-corrected chi connectivity index (χ1v) is 7.00. The Bertz CT molecular complexity index is 786. The Kier molecular flexibility index (Phi) is 3.82. The number of hydrogen-bond acceptors (Lipinski definition) is 4. The van der Waals surface area contributed by atoms with Crippen molar-refractivity contribution in [3.8, 4) is 11.5 Å². The topological polar surface area (TPSA) is 64.9 Å². The zero-order valence-corrected chi connectivity index (χ0v) is 12.4. The Morgan fingerprint density at radius 1 is 1.05 bits per heavy atom. The van der Waals surface area contributed by atoms with E-state index in [-0.39, 0.29) is 0 Å². The molecule has 6 heteroatoms. The minimum absolute atomic E-state index is 0.376. The summed E-state index contributed by atoms with van der Waals surface area (Å²) in [5, 5.41) is 5.21. The van der Waals surface area contributed by atoms with Gasteiger partial charge in [-0.15, -0.1) is 0 Å². The van der Waals surface area contributed by atoms with E-state index in [1.54, 1.807) is 18.2 Å². The van der Waals surface area contributed by atoms with Crippen LogP contribution in [0.2, 0.25) is 10.0 Å². The third-order valence-electron chi connectivity index (χ3n) is 2.96. The van der Waals surface area contributed by atoms with E-state index < -0.39 is 0 Å². The standard InChI is InChI=1S/C15H11Cl2N3O/c16-10-3-1-2-9(6-10)7-14-19-15(21-20-14)12-5-4-11(17)8-13(12)18/h1-6,8H,7,18H2. The molecule has 0 bridgehead atoms. The molecule has 0 amide bonds. The zero-order valence-electron chi connectivity index (χ0n) is 10.9. The highest BCUT2D eigenvalue weighted by Crippen LogP contribution is 2.27. The quantitative estimate of drug-likeness (QED) is 0.734. The summed E-state index contributed by atoms with van der Waals surface area (Å²) in [6, 6.07) is 12.7. The lowest BCUT2D eigenvalue weighted by molar-refractivity contribution is 0.424. The lowest BCUT2D eigenvalue weighted by Crippen LogP contribution is -1.92. The number of hydrogen-bond donors (Lipinski definition) is 1. The molecule has 2 N–H and O–H groups in total. The van der Waals surface area contributed by atoms with Crippen molar-refractivity contribution in [1.29, 1.82) is 0 Å². The maximum atomic E-state index is 5.95. The van der Waals surface area contributed by atoms with E-state index in [1.165, 1.54) is 0 Å². The normalized spacial score (nSPS) is 10.8. The number of benzene rings is 2. The fourth-order valence-corrected chi connectivity index (χ4v) is 2.39. The van der Waals surface area contributed by atoms with Crippen LogP contribution in [-0.2, 0) is 6.42 Å². The van der Waals surface area contributed by atoms with Crippen molar-refractivity contribution in [2.45, 2.75) is 6.42 Å². The molecule has 1 aromatic heterocycles. The van der Waals surface area contributed by atoms with Gasteiger partial charge in [0.2, 0.25) is 0 Å². The fourth-order valence-electron chi connectivity index (χ4n) is 1.99. The number of nitrogen functional groups attached to an aromatic ring is 1. The van der Waals surface area contributed by atoms with E-state index in [0.717, 1.165) is 5.56 Å². The van der Waals surface area contributed by atoms with Crippen molar-refractivity contribution in [2.75, 3.05) is 5.73 Å². The van der Waals surface area contributed by atoms with Gasteiger partial charge in [0.05, 0.1) is 5.56 Å². The summed E-state index contributed by atoms with van der Waals surface area (Å²) in [6.07, 6.45) is 0.539. The second-order valence-electron chi connectivity index (χ2n) is 4.55. The zero-order chi connectivity index (χ0) is 14.8. The van der Waals surface area contributed by atoms with Gasteiger partial charge in [-0.05, 0) is 35.9 Å². The average molecular weight is 320 g/mol. The molecule has 0 aliphatic heterocycles. The molecule has 3 rings (SSSR count). The van der Waals surface area contributed by atoms with Gasteiger partial charge in [0.15, 0.2) is 5.82 Å². The lowest BCUT2D eigenvalue weighted by Gasteiger charge is -2.00. The Morgan fingerprint density at radius 3 is 2.62 bits per heavy atom. The van der Waals surface area contributed by atoms with E-state index in [0.29, 0.717) is 39.4 Å². The first-order valence-electron chi connectivity index (χ1n) is 6.24. The van der Waals surface area contributed by atoms with Gasteiger partial charge in [-0.2, -0.15) is 4.98 Å². The number of aromatic nitrogens is 2. The Labute approximate surface area is 131 Å². The molecule has 106 valence electrons. The van der Waals surface area contributed by atoms with E-state index in [9.17, 15) is 0 Å². The molecule has 4 nitrogen and oxygen atoms in total. The Balaban J connectivity index is 1.86. The summed E-state index contributed by atoms with van der Waals surface area (Å²) >= 11 is 11.8. The predicted molar refractivity (Wildman–Crippen MR) is 83.4 cm³/mol. The van der Waals surface area contributed by atoms with Crippen LogP contribution in [0.15, 0.2) is 47.0 Å². The Hall–Kier alpha value is -2.04. The van der Waals surface area contributed by atoms with Gasteiger partial charge in [0.1, 0.15) is 0 Å². The van der Waals surface area contributed by atoms with Crippen molar-refractivity contribution < 1.29 is 4.52 Å². The largest absolute Gasteiger partial charge is 0.398 e. The van der Waals surface area contributed by atoms with Crippen molar-refractivity contribution in [3.63, 3.8) is 0 Å². The molecule has 0 spiro atoms. The molecule has 0 saturated carbocycles. The van der Waals surface area contributed by atoms with Crippen molar-refractivity contribution in [1.82, 2.24) is 10.1 Å². The summed E-state index contributed by atoms with van der Waals surface area (Å²) in [6.45, 7) is 0. The van der Waals surface area contributed by atoms with E-state index in [2.05, 4.69) is 10.1 Å². The molecule has 0 fully saturated rings. The van der Waals surface area contributed by atoms with E-state index >= 15 is 0 Å². The van der Waals surface area contributed by atoms with Crippen LogP contribution in [-0.4, -0.2) is 10.1 Å². The lowest BCUT2D eigenvalue weighted by atomic mass is 10.1. The van der Waals surface area contributed by atoms with Gasteiger partial charge in [0, 0.05) is 22.2 Å². The number of nitrogens with two attached hydrogens (primary N) is 1. The molecular formula is C15H11Cl2N3O. The van der Waals surface area contributed by atoms with Gasteiger partial charge < -0.3 is 10.3 Å². The molecular weight excluding hydrogens is 309 g/mol. The van der Waals surface area contributed by atoms with Gasteiger partial charge in [-0.3, -0.25) is 0 Å². The summed E-state index contributed by atoms with van der Waals surface area (Å²) in [7, 11) is 0. The minimum Gasteiger partial charge on any atom is -0.398 e. The monoisotopic (exact) mass is 319 g/mol. The average Bonchev–Trinajstić information content (AvgIpc) is 2.87. The summed E-state index contributed by atoms with van der Waals surface area (Å²) in [4.78, 5) is 4.35. The summed E-state index contributed by atoms with van der Waals surface area (Å²) < 4.78 is 5.26. The number of nitrogens with zero attached hydrogens (tertiary/aromatic N) is 2. The highest BCUT2D eigenvalue weighted by molar-refractivity contribution is 6.31. The predicted octanol–water partition coefficient (Wildman–Crippen LogP) is 4.22. The van der Waals surface area contributed by atoms with Crippen LogP contribution in [0.3, 0.4) is 0 Å². The van der Waals surface area contributed by atoms with Gasteiger partial charge in [-0.1, -0.05) is 40.5 Å². The number of anilines is 1. The Morgan fingerprint density at radius 2 is 1.86 bits per heavy atom. The van der Waals surface area contributed by atoms with E-state index in [4.69, 9.17) is 33.5 Å². The van der Waals surface area contributed by atoms with Crippen molar-refractivity contribution >= 4 is 28.9 Å². The smallest absolute Gasteiger partial charge is 0.260 e. The molecule has 0 aliphatic carbocycles. The molecule has 2 aromatic carbocycles. The van der Waals surface area contributed by atoms with Crippen LogP contribution in [0.25, 0.3) is 11.5 Å². The first-order chi connectivity index (χ1) is 10.1. The van der Waals surface area contributed by atoms with Crippen molar-refractivity contribution in [3.05, 3.63) is 63.9 Å². The molecule has 0 radical (unpaired) electrons. The third-order valence-corrected chi connectivity index (χ3v) is 3.43. The molecule has 1 heterocycles. The maximum absolute atomic E-state index is 5.95. The second kappa shape index (κ2) is 5.76. The molecule has 3 aromatic rings. The highest BCUT2D eigenvalue weighted by Gasteiger charge is 2.12.